The minimum Gasteiger partial charge on any atom is -0.480 e. The first-order chi connectivity index (χ1) is 4.22. The Labute approximate surface area is 57.8 Å². The summed E-state index contributed by atoms with van der Waals surface area (Å²) in [7, 11) is 0. The molecule has 0 bridgehead atoms. The molecule has 1 heterocycles. The standard InChI is InChI=1S/C5H9NO2S/c1-3-4(5(7)8)6-2-9-3/h3-4,6H,2H2,1H3,(H,7,8)/t3-,4-/m0/s1. The van der Waals surface area contributed by atoms with Crippen LogP contribution < -0.4 is 5.32 Å². The molecule has 0 spiro atoms. The number of aliphatic carboxylic acids is 1. The molecule has 0 unspecified atom stereocenters. The molecule has 1 aliphatic heterocycles. The van der Waals surface area contributed by atoms with Gasteiger partial charge in [0.05, 0.1) is 0 Å². The lowest BCUT2D eigenvalue weighted by molar-refractivity contribution is -0.139. The number of hydrogen-bond acceptors (Lipinski definition) is 3. The van der Waals surface area contributed by atoms with Crippen LogP contribution in [0.1, 0.15) is 6.92 Å². The number of carbonyl (C=O) groups is 1. The largest absolute Gasteiger partial charge is 0.480 e. The minimum absolute atomic E-state index is 0.211. The highest BCUT2D eigenvalue weighted by Gasteiger charge is 2.29. The highest BCUT2D eigenvalue weighted by molar-refractivity contribution is 8.00. The van der Waals surface area contributed by atoms with E-state index in [4.69, 9.17) is 5.11 Å². The topological polar surface area (TPSA) is 49.3 Å². The maximum Gasteiger partial charge on any atom is 0.321 e. The smallest absolute Gasteiger partial charge is 0.321 e. The monoisotopic (exact) mass is 147 g/mol. The zero-order chi connectivity index (χ0) is 6.85. The van der Waals surface area contributed by atoms with Crippen molar-refractivity contribution in [1.29, 1.82) is 0 Å². The number of carboxylic acid groups (broad SMARTS) is 1. The molecule has 0 radical (unpaired) electrons. The summed E-state index contributed by atoms with van der Waals surface area (Å²) in [5.41, 5.74) is 0. The molecular weight excluding hydrogens is 138 g/mol. The van der Waals surface area contributed by atoms with Crippen LogP contribution in [0.4, 0.5) is 0 Å². The lowest BCUT2D eigenvalue weighted by Crippen LogP contribution is -2.36. The van der Waals surface area contributed by atoms with Crippen molar-refractivity contribution in [3.05, 3.63) is 0 Å². The number of thioether (sulfide) groups is 1. The molecule has 2 atom stereocenters. The van der Waals surface area contributed by atoms with Gasteiger partial charge in [-0.15, -0.1) is 11.8 Å². The minimum atomic E-state index is -0.743. The van der Waals surface area contributed by atoms with Crippen molar-refractivity contribution < 1.29 is 9.90 Å². The van der Waals surface area contributed by atoms with Crippen LogP contribution in [0.25, 0.3) is 0 Å². The van der Waals surface area contributed by atoms with Gasteiger partial charge in [-0.05, 0) is 0 Å². The normalized spacial score (nSPS) is 34.8. The average Bonchev–Trinajstić information content (AvgIpc) is 2.13. The van der Waals surface area contributed by atoms with E-state index in [9.17, 15) is 4.79 Å². The Morgan fingerprint density at radius 3 is 2.78 bits per heavy atom. The van der Waals surface area contributed by atoms with Gasteiger partial charge in [0, 0.05) is 11.1 Å². The first-order valence-electron chi connectivity index (χ1n) is 2.79. The van der Waals surface area contributed by atoms with Gasteiger partial charge in [-0.25, -0.2) is 0 Å². The summed E-state index contributed by atoms with van der Waals surface area (Å²) in [6.07, 6.45) is 0. The first-order valence-corrected chi connectivity index (χ1v) is 3.84. The zero-order valence-corrected chi connectivity index (χ0v) is 5.94. The van der Waals surface area contributed by atoms with Gasteiger partial charge in [0.1, 0.15) is 6.04 Å². The molecule has 0 aromatic heterocycles. The van der Waals surface area contributed by atoms with Gasteiger partial charge in [-0.2, -0.15) is 0 Å². The Morgan fingerprint density at radius 1 is 1.89 bits per heavy atom. The van der Waals surface area contributed by atoms with Gasteiger partial charge in [0.2, 0.25) is 0 Å². The van der Waals surface area contributed by atoms with E-state index >= 15 is 0 Å². The van der Waals surface area contributed by atoms with Crippen LogP contribution in [-0.2, 0) is 4.79 Å². The predicted molar refractivity (Wildman–Crippen MR) is 36.5 cm³/mol. The third-order valence-electron chi connectivity index (χ3n) is 1.38. The number of carboxylic acids is 1. The van der Waals surface area contributed by atoms with Gasteiger partial charge in [0.15, 0.2) is 0 Å². The van der Waals surface area contributed by atoms with Gasteiger partial charge >= 0.3 is 5.97 Å². The summed E-state index contributed by atoms with van der Waals surface area (Å²) < 4.78 is 0. The maximum absolute atomic E-state index is 10.3. The Hall–Kier alpha value is -0.220. The van der Waals surface area contributed by atoms with E-state index in [1.807, 2.05) is 6.92 Å². The molecule has 1 saturated heterocycles. The van der Waals surface area contributed by atoms with Crippen molar-refractivity contribution in [1.82, 2.24) is 5.32 Å². The van der Waals surface area contributed by atoms with Crippen molar-refractivity contribution >= 4 is 17.7 Å². The van der Waals surface area contributed by atoms with Gasteiger partial charge in [0.25, 0.3) is 0 Å². The first kappa shape index (κ1) is 6.89. The lowest BCUT2D eigenvalue weighted by atomic mass is 10.2. The quantitative estimate of drug-likeness (QED) is 0.553. The Kier molecular flexibility index (Phi) is 1.97. The number of hydrogen-bond donors (Lipinski definition) is 2. The molecule has 0 aromatic rings. The van der Waals surface area contributed by atoms with Crippen LogP contribution in [-0.4, -0.2) is 28.2 Å². The summed E-state index contributed by atoms with van der Waals surface area (Å²) in [5, 5.41) is 11.6. The Balaban J connectivity index is 2.49. The molecule has 0 aliphatic carbocycles. The van der Waals surface area contributed by atoms with Crippen molar-refractivity contribution in [3.8, 4) is 0 Å². The van der Waals surface area contributed by atoms with Gasteiger partial charge < -0.3 is 5.11 Å². The fourth-order valence-corrected chi connectivity index (χ4v) is 1.76. The predicted octanol–water partition coefficient (Wildman–Crippen LogP) is 0.122. The average molecular weight is 147 g/mol. The molecule has 1 aliphatic rings. The van der Waals surface area contributed by atoms with Crippen LogP contribution in [0.5, 0.6) is 0 Å². The molecule has 4 heteroatoms. The van der Waals surface area contributed by atoms with E-state index in [1.54, 1.807) is 11.8 Å². The highest BCUT2D eigenvalue weighted by Crippen LogP contribution is 2.19. The molecule has 1 fully saturated rings. The molecule has 2 N–H and O–H groups in total. The lowest BCUT2D eigenvalue weighted by Gasteiger charge is -2.06. The Morgan fingerprint density at radius 2 is 2.56 bits per heavy atom. The molecule has 3 nitrogen and oxygen atoms in total. The van der Waals surface area contributed by atoms with Crippen molar-refractivity contribution in [2.24, 2.45) is 0 Å². The van der Waals surface area contributed by atoms with Crippen LogP contribution in [0.15, 0.2) is 0 Å². The zero-order valence-electron chi connectivity index (χ0n) is 5.13. The van der Waals surface area contributed by atoms with E-state index < -0.39 is 5.97 Å². The highest BCUT2D eigenvalue weighted by atomic mass is 32.2. The van der Waals surface area contributed by atoms with E-state index in [0.717, 1.165) is 5.88 Å². The van der Waals surface area contributed by atoms with E-state index in [1.165, 1.54) is 0 Å². The van der Waals surface area contributed by atoms with Crippen LogP contribution in [0.3, 0.4) is 0 Å². The molecule has 1 rings (SSSR count). The number of rotatable bonds is 1. The molecule has 52 valence electrons. The third-order valence-corrected chi connectivity index (χ3v) is 2.52. The summed E-state index contributed by atoms with van der Waals surface area (Å²) in [4.78, 5) is 10.3. The Bertz CT molecular complexity index is 128. The van der Waals surface area contributed by atoms with Crippen molar-refractivity contribution in [2.75, 3.05) is 5.88 Å². The van der Waals surface area contributed by atoms with Crippen LogP contribution in [0.2, 0.25) is 0 Å². The third kappa shape index (κ3) is 1.37. The number of nitrogens with one attached hydrogen (secondary N) is 1. The fraction of sp³-hybridized carbons (Fsp3) is 0.800. The van der Waals surface area contributed by atoms with Gasteiger partial charge in [-0.3, -0.25) is 10.1 Å². The fourth-order valence-electron chi connectivity index (χ4n) is 0.820. The summed E-state index contributed by atoms with van der Waals surface area (Å²) in [5.74, 6) is 0.0190. The van der Waals surface area contributed by atoms with Crippen LogP contribution >= 0.6 is 11.8 Å². The van der Waals surface area contributed by atoms with E-state index in [0.29, 0.717) is 0 Å². The summed E-state index contributed by atoms with van der Waals surface area (Å²) >= 11 is 1.64. The summed E-state index contributed by atoms with van der Waals surface area (Å²) in [6.45, 7) is 1.92. The second-order valence-corrected chi connectivity index (χ2v) is 3.40. The second-order valence-electron chi connectivity index (χ2n) is 2.04. The van der Waals surface area contributed by atoms with Crippen molar-refractivity contribution in [3.63, 3.8) is 0 Å². The van der Waals surface area contributed by atoms with Crippen LogP contribution in [0, 0.1) is 0 Å². The van der Waals surface area contributed by atoms with Crippen molar-refractivity contribution in [2.45, 2.75) is 18.2 Å². The van der Waals surface area contributed by atoms with Gasteiger partial charge in [-0.1, -0.05) is 6.92 Å². The molecular formula is C5H9NO2S. The maximum atomic E-state index is 10.3. The second kappa shape index (κ2) is 2.58. The van der Waals surface area contributed by atoms with E-state index in [-0.39, 0.29) is 11.3 Å². The SMILES string of the molecule is C[C@@H]1SCN[C@@H]1C(=O)O. The molecule has 0 aromatic carbocycles. The van der Waals surface area contributed by atoms with E-state index in [2.05, 4.69) is 5.32 Å². The molecule has 0 amide bonds. The summed E-state index contributed by atoms with van der Waals surface area (Å²) in [6, 6.07) is -0.338. The molecule has 9 heavy (non-hydrogen) atoms. The molecule has 0 saturated carbocycles.